The average molecular weight is 370 g/mol. The Morgan fingerprint density at radius 3 is 2.65 bits per heavy atom. The maximum atomic E-state index is 12.3. The van der Waals surface area contributed by atoms with Gasteiger partial charge in [-0.15, -0.1) is 11.3 Å². The fourth-order valence-electron chi connectivity index (χ4n) is 2.32. The first-order chi connectivity index (χ1) is 12.5. The first kappa shape index (κ1) is 17.9. The molecule has 3 rings (SSSR count). The number of benzene rings is 1. The van der Waals surface area contributed by atoms with Crippen molar-refractivity contribution in [3.05, 3.63) is 65.1 Å². The Labute approximate surface area is 155 Å². The molecule has 2 heterocycles. The zero-order valence-corrected chi connectivity index (χ0v) is 15.3. The van der Waals surface area contributed by atoms with E-state index in [1.807, 2.05) is 30.3 Å². The summed E-state index contributed by atoms with van der Waals surface area (Å²) >= 11 is 1.26. The number of rotatable bonds is 6. The summed E-state index contributed by atoms with van der Waals surface area (Å²) in [6.07, 6.45) is 1.55. The Morgan fingerprint density at radius 1 is 1.19 bits per heavy atom. The molecule has 0 N–H and O–H groups in total. The van der Waals surface area contributed by atoms with Gasteiger partial charge in [0.2, 0.25) is 0 Å². The van der Waals surface area contributed by atoms with Crippen molar-refractivity contribution >= 4 is 23.2 Å². The predicted molar refractivity (Wildman–Crippen MR) is 97.8 cm³/mol. The third-order valence-corrected chi connectivity index (χ3v) is 4.91. The van der Waals surface area contributed by atoms with Gasteiger partial charge in [0.15, 0.2) is 6.61 Å². The lowest BCUT2D eigenvalue weighted by atomic mass is 10.2. The van der Waals surface area contributed by atoms with Crippen molar-refractivity contribution in [1.29, 1.82) is 0 Å². The minimum Gasteiger partial charge on any atom is -0.467 e. The molecule has 1 amide bonds. The molecule has 134 valence electrons. The molecule has 0 bridgehead atoms. The van der Waals surface area contributed by atoms with Crippen molar-refractivity contribution in [2.24, 2.45) is 0 Å². The van der Waals surface area contributed by atoms with Gasteiger partial charge in [0, 0.05) is 12.6 Å². The Balaban J connectivity index is 1.60. The minimum absolute atomic E-state index is 0.305. The van der Waals surface area contributed by atoms with Crippen LogP contribution in [0, 0.1) is 6.92 Å². The number of amides is 1. The van der Waals surface area contributed by atoms with Crippen molar-refractivity contribution < 1.29 is 18.7 Å². The van der Waals surface area contributed by atoms with E-state index in [1.165, 1.54) is 16.2 Å². The first-order valence-corrected chi connectivity index (χ1v) is 8.82. The lowest BCUT2D eigenvalue weighted by Crippen LogP contribution is -2.30. The highest BCUT2D eigenvalue weighted by atomic mass is 32.1. The second kappa shape index (κ2) is 7.97. The lowest BCUT2D eigenvalue weighted by molar-refractivity contribution is -0.133. The number of ether oxygens (including phenoxy) is 1. The molecule has 0 fully saturated rings. The number of likely N-dealkylation sites (N-methyl/N-ethyl adjacent to an activating group) is 1. The lowest BCUT2D eigenvalue weighted by Gasteiger charge is -2.15. The number of carbonyl (C=O) groups excluding carboxylic acids is 2. The van der Waals surface area contributed by atoms with Crippen molar-refractivity contribution in [3.63, 3.8) is 0 Å². The average Bonchev–Trinajstić information content (AvgIpc) is 3.29. The summed E-state index contributed by atoms with van der Waals surface area (Å²) < 4.78 is 10.4. The summed E-state index contributed by atoms with van der Waals surface area (Å²) in [7, 11) is 1.63. The summed E-state index contributed by atoms with van der Waals surface area (Å²) in [6.45, 7) is 1.75. The Morgan fingerprint density at radius 2 is 1.96 bits per heavy atom. The topological polar surface area (TPSA) is 72.6 Å². The highest BCUT2D eigenvalue weighted by Gasteiger charge is 2.20. The van der Waals surface area contributed by atoms with Crippen molar-refractivity contribution in [2.45, 2.75) is 13.5 Å². The second-order valence-corrected chi connectivity index (χ2v) is 6.70. The molecule has 0 atom stereocenters. The monoisotopic (exact) mass is 370 g/mol. The van der Waals surface area contributed by atoms with Crippen LogP contribution in [0.1, 0.15) is 21.1 Å². The van der Waals surface area contributed by atoms with E-state index >= 15 is 0 Å². The van der Waals surface area contributed by atoms with E-state index in [1.54, 1.807) is 32.4 Å². The molecule has 0 aliphatic heterocycles. The standard InChI is InChI=1S/C19H18N2O4S/c1-13-17(26-18(20-13)14-7-4-3-5-8-14)19(23)25-12-16(22)21(2)11-15-9-6-10-24-15/h3-10H,11-12H2,1-2H3. The van der Waals surface area contributed by atoms with Crippen molar-refractivity contribution in [1.82, 2.24) is 9.88 Å². The molecule has 0 spiro atoms. The van der Waals surface area contributed by atoms with Gasteiger partial charge in [-0.25, -0.2) is 9.78 Å². The number of furan rings is 1. The van der Waals surface area contributed by atoms with E-state index in [-0.39, 0.29) is 12.5 Å². The molecule has 0 aliphatic rings. The van der Waals surface area contributed by atoms with E-state index < -0.39 is 5.97 Å². The number of aromatic nitrogens is 1. The van der Waals surface area contributed by atoms with Gasteiger partial charge in [-0.05, 0) is 19.1 Å². The predicted octanol–water partition coefficient (Wildman–Crippen LogP) is 3.53. The van der Waals surface area contributed by atoms with Crippen LogP contribution >= 0.6 is 11.3 Å². The van der Waals surface area contributed by atoms with Crippen molar-refractivity contribution in [3.8, 4) is 10.6 Å². The van der Waals surface area contributed by atoms with Gasteiger partial charge in [-0.1, -0.05) is 30.3 Å². The summed E-state index contributed by atoms with van der Waals surface area (Å²) in [5, 5.41) is 0.747. The number of hydrogen-bond acceptors (Lipinski definition) is 6. The normalized spacial score (nSPS) is 10.5. The molecular weight excluding hydrogens is 352 g/mol. The van der Waals surface area contributed by atoms with Crippen LogP contribution in [-0.4, -0.2) is 35.4 Å². The smallest absolute Gasteiger partial charge is 0.350 e. The van der Waals surface area contributed by atoms with Gasteiger partial charge in [0.1, 0.15) is 15.6 Å². The van der Waals surface area contributed by atoms with Crippen LogP contribution in [0.5, 0.6) is 0 Å². The number of hydrogen-bond donors (Lipinski definition) is 0. The van der Waals surface area contributed by atoms with Gasteiger partial charge in [0.25, 0.3) is 5.91 Å². The largest absolute Gasteiger partial charge is 0.467 e. The molecule has 7 heteroatoms. The van der Waals surface area contributed by atoms with Crippen LogP contribution < -0.4 is 0 Å². The molecule has 0 saturated carbocycles. The van der Waals surface area contributed by atoms with Crippen LogP contribution in [0.2, 0.25) is 0 Å². The molecule has 0 saturated heterocycles. The fourth-order valence-corrected chi connectivity index (χ4v) is 3.28. The minimum atomic E-state index is -0.540. The summed E-state index contributed by atoms with van der Waals surface area (Å²) in [6, 6.07) is 13.1. The zero-order valence-electron chi connectivity index (χ0n) is 14.5. The van der Waals surface area contributed by atoms with Crippen LogP contribution in [0.4, 0.5) is 0 Å². The maximum Gasteiger partial charge on any atom is 0.350 e. The van der Waals surface area contributed by atoms with Gasteiger partial charge >= 0.3 is 5.97 Å². The number of esters is 1. The van der Waals surface area contributed by atoms with Gasteiger partial charge in [0.05, 0.1) is 18.5 Å². The van der Waals surface area contributed by atoms with Gasteiger partial charge in [-0.2, -0.15) is 0 Å². The SMILES string of the molecule is Cc1nc(-c2ccccc2)sc1C(=O)OCC(=O)N(C)Cc1ccco1. The maximum absolute atomic E-state index is 12.3. The van der Waals surface area contributed by atoms with E-state index in [0.717, 1.165) is 10.6 Å². The number of aryl methyl sites for hydroxylation is 1. The highest BCUT2D eigenvalue weighted by molar-refractivity contribution is 7.17. The Bertz CT molecular complexity index is 888. The molecule has 6 nitrogen and oxygen atoms in total. The second-order valence-electron chi connectivity index (χ2n) is 5.70. The summed E-state index contributed by atoms with van der Waals surface area (Å²) in [5.41, 5.74) is 1.53. The molecule has 26 heavy (non-hydrogen) atoms. The van der Waals surface area contributed by atoms with E-state index in [9.17, 15) is 9.59 Å². The van der Waals surface area contributed by atoms with Crippen LogP contribution in [-0.2, 0) is 16.1 Å². The molecule has 1 aromatic carbocycles. The highest BCUT2D eigenvalue weighted by Crippen LogP contribution is 2.28. The summed E-state index contributed by atoms with van der Waals surface area (Å²) in [4.78, 5) is 30.7. The van der Waals surface area contributed by atoms with Crippen LogP contribution in [0.3, 0.4) is 0 Å². The molecule has 0 aliphatic carbocycles. The summed E-state index contributed by atoms with van der Waals surface area (Å²) in [5.74, 6) is -0.180. The van der Waals surface area contributed by atoms with E-state index in [2.05, 4.69) is 4.98 Å². The molecule has 3 aromatic rings. The first-order valence-electron chi connectivity index (χ1n) is 8.01. The third-order valence-electron chi connectivity index (χ3n) is 3.73. The van der Waals surface area contributed by atoms with E-state index in [0.29, 0.717) is 22.9 Å². The Kier molecular flexibility index (Phi) is 5.48. The van der Waals surface area contributed by atoms with Crippen LogP contribution in [0.25, 0.3) is 10.6 Å². The van der Waals surface area contributed by atoms with Gasteiger partial charge in [-0.3, -0.25) is 4.79 Å². The molecular formula is C19H18N2O4S. The Hall–Kier alpha value is -2.93. The van der Waals surface area contributed by atoms with Crippen LogP contribution in [0.15, 0.2) is 53.1 Å². The fraction of sp³-hybridized carbons (Fsp3) is 0.211. The van der Waals surface area contributed by atoms with E-state index in [4.69, 9.17) is 9.15 Å². The van der Waals surface area contributed by atoms with Gasteiger partial charge < -0.3 is 14.1 Å². The number of nitrogens with zero attached hydrogens (tertiary/aromatic N) is 2. The van der Waals surface area contributed by atoms with Crippen molar-refractivity contribution in [2.75, 3.05) is 13.7 Å². The molecule has 0 unspecified atom stereocenters. The number of carbonyl (C=O) groups is 2. The third kappa shape index (κ3) is 4.18. The zero-order chi connectivity index (χ0) is 18.5. The molecule has 2 aromatic heterocycles. The number of thiazole rings is 1. The quantitative estimate of drug-likeness (QED) is 0.621. The molecule has 0 radical (unpaired) electrons.